The minimum Gasteiger partial charge on any atom is -0.381 e. The fraction of sp³-hybridized carbons (Fsp3) is 0.353. The second-order valence-corrected chi connectivity index (χ2v) is 6.51. The zero-order chi connectivity index (χ0) is 15.4. The molecule has 0 spiro atoms. The molecule has 1 aromatic carbocycles. The molecule has 1 saturated heterocycles. The summed E-state index contributed by atoms with van der Waals surface area (Å²) in [6.45, 7) is 1.86. The van der Waals surface area contributed by atoms with Crippen LogP contribution in [0.5, 0.6) is 0 Å². The third-order valence-corrected chi connectivity index (χ3v) is 5.11. The molecule has 0 radical (unpaired) electrons. The molecule has 1 aliphatic rings. The summed E-state index contributed by atoms with van der Waals surface area (Å²) in [5, 5.41) is 4.92. The van der Waals surface area contributed by atoms with E-state index in [9.17, 15) is 9.18 Å². The van der Waals surface area contributed by atoms with Gasteiger partial charge in [-0.3, -0.25) is 4.79 Å². The highest BCUT2D eigenvalue weighted by molar-refractivity contribution is 7.12. The number of hydrogen-bond donors (Lipinski definition) is 1. The van der Waals surface area contributed by atoms with Crippen molar-refractivity contribution in [3.05, 3.63) is 58.0 Å². The molecule has 1 N–H and O–H groups in total. The summed E-state index contributed by atoms with van der Waals surface area (Å²) in [6.07, 6.45) is 1.65. The zero-order valence-electron chi connectivity index (χ0n) is 12.2. The van der Waals surface area contributed by atoms with Gasteiger partial charge >= 0.3 is 0 Å². The minimum atomic E-state index is -0.242. The van der Waals surface area contributed by atoms with Crippen LogP contribution in [-0.4, -0.2) is 25.7 Å². The first-order chi connectivity index (χ1) is 10.7. The predicted molar refractivity (Wildman–Crippen MR) is 84.8 cm³/mol. The number of rotatable bonds is 4. The molecule has 0 saturated carbocycles. The molecule has 2 heterocycles. The highest BCUT2D eigenvalue weighted by Crippen LogP contribution is 2.34. The van der Waals surface area contributed by atoms with E-state index in [1.165, 1.54) is 23.5 Å². The summed E-state index contributed by atoms with van der Waals surface area (Å²) in [5.74, 6) is -0.295. The van der Waals surface area contributed by atoms with E-state index in [2.05, 4.69) is 5.32 Å². The molecule has 0 aliphatic carbocycles. The lowest BCUT2D eigenvalue weighted by atomic mass is 9.74. The second-order valence-electron chi connectivity index (χ2n) is 5.56. The van der Waals surface area contributed by atoms with E-state index in [1.807, 2.05) is 29.6 Å². The van der Waals surface area contributed by atoms with Gasteiger partial charge in [-0.25, -0.2) is 4.39 Å². The Balaban J connectivity index is 1.77. The molecule has 2 aromatic rings. The van der Waals surface area contributed by atoms with Crippen LogP contribution in [0.4, 0.5) is 4.39 Å². The van der Waals surface area contributed by atoms with Crippen LogP contribution < -0.4 is 5.32 Å². The lowest BCUT2D eigenvalue weighted by Gasteiger charge is -2.38. The molecule has 0 bridgehead atoms. The first-order valence-corrected chi connectivity index (χ1v) is 8.23. The minimum absolute atomic E-state index is 0.0528. The van der Waals surface area contributed by atoms with Crippen molar-refractivity contribution < 1.29 is 13.9 Å². The molecule has 3 rings (SSSR count). The number of nitrogens with one attached hydrogen (secondary N) is 1. The number of thiophene rings is 1. The van der Waals surface area contributed by atoms with E-state index in [0.717, 1.165) is 18.4 Å². The van der Waals surface area contributed by atoms with Crippen molar-refractivity contribution >= 4 is 17.2 Å². The summed E-state index contributed by atoms with van der Waals surface area (Å²) in [5.41, 5.74) is 0.877. The van der Waals surface area contributed by atoms with E-state index in [1.54, 1.807) is 0 Å². The smallest absolute Gasteiger partial charge is 0.261 e. The van der Waals surface area contributed by atoms with E-state index in [0.29, 0.717) is 24.6 Å². The SMILES string of the molecule is O=C(NCC1(c2ccc(F)cc2)CCOCC1)c1cccs1. The molecule has 116 valence electrons. The van der Waals surface area contributed by atoms with Gasteiger partial charge in [-0.2, -0.15) is 0 Å². The van der Waals surface area contributed by atoms with Gasteiger partial charge in [0.25, 0.3) is 5.91 Å². The Labute approximate surface area is 133 Å². The fourth-order valence-corrected chi connectivity index (χ4v) is 3.52. The first kappa shape index (κ1) is 15.2. The number of carbonyl (C=O) groups excluding carboxylic acids is 1. The Morgan fingerprint density at radius 2 is 1.95 bits per heavy atom. The Morgan fingerprint density at radius 1 is 1.23 bits per heavy atom. The Hall–Kier alpha value is -1.72. The van der Waals surface area contributed by atoms with Crippen molar-refractivity contribution in [1.29, 1.82) is 0 Å². The number of halogens is 1. The molecular formula is C17H18FNO2S. The molecule has 5 heteroatoms. The molecule has 22 heavy (non-hydrogen) atoms. The largest absolute Gasteiger partial charge is 0.381 e. The maximum atomic E-state index is 13.2. The molecule has 0 atom stereocenters. The van der Waals surface area contributed by atoms with Gasteiger partial charge in [0.05, 0.1) is 4.88 Å². The normalized spacial score (nSPS) is 17.1. The third kappa shape index (κ3) is 3.20. The van der Waals surface area contributed by atoms with Crippen molar-refractivity contribution in [1.82, 2.24) is 5.32 Å². The molecule has 3 nitrogen and oxygen atoms in total. The Kier molecular flexibility index (Phi) is 4.55. The maximum absolute atomic E-state index is 13.2. The molecule has 1 amide bonds. The van der Waals surface area contributed by atoms with Gasteiger partial charge in [-0.15, -0.1) is 11.3 Å². The summed E-state index contributed by atoms with van der Waals surface area (Å²) in [6, 6.07) is 10.3. The van der Waals surface area contributed by atoms with Crippen LogP contribution in [0.3, 0.4) is 0 Å². The maximum Gasteiger partial charge on any atom is 0.261 e. The third-order valence-electron chi connectivity index (χ3n) is 4.24. The predicted octanol–water partition coefficient (Wildman–Crippen LogP) is 3.37. The monoisotopic (exact) mass is 319 g/mol. The van der Waals surface area contributed by atoms with Gasteiger partial charge in [-0.05, 0) is 42.0 Å². The van der Waals surface area contributed by atoms with Crippen LogP contribution in [0.1, 0.15) is 28.1 Å². The number of ether oxygens (including phenoxy) is 1. The average molecular weight is 319 g/mol. The van der Waals surface area contributed by atoms with Gasteiger partial charge in [0, 0.05) is 25.2 Å². The summed E-state index contributed by atoms with van der Waals surface area (Å²) in [7, 11) is 0. The molecule has 1 fully saturated rings. The molecule has 1 aliphatic heterocycles. The second kappa shape index (κ2) is 6.58. The summed E-state index contributed by atoms with van der Waals surface area (Å²) < 4.78 is 18.6. The summed E-state index contributed by atoms with van der Waals surface area (Å²) >= 11 is 1.43. The number of carbonyl (C=O) groups is 1. The summed E-state index contributed by atoms with van der Waals surface area (Å²) in [4.78, 5) is 12.9. The van der Waals surface area contributed by atoms with Gasteiger partial charge in [-0.1, -0.05) is 18.2 Å². The highest BCUT2D eigenvalue weighted by atomic mass is 32.1. The Morgan fingerprint density at radius 3 is 2.59 bits per heavy atom. The number of hydrogen-bond acceptors (Lipinski definition) is 3. The quantitative estimate of drug-likeness (QED) is 0.938. The topological polar surface area (TPSA) is 38.3 Å². The van der Waals surface area contributed by atoms with E-state index in [-0.39, 0.29) is 17.1 Å². The van der Waals surface area contributed by atoms with Crippen LogP contribution in [0.2, 0.25) is 0 Å². The van der Waals surface area contributed by atoms with Gasteiger partial charge in [0.15, 0.2) is 0 Å². The van der Waals surface area contributed by atoms with Crippen LogP contribution in [-0.2, 0) is 10.2 Å². The van der Waals surface area contributed by atoms with Gasteiger partial charge < -0.3 is 10.1 Å². The van der Waals surface area contributed by atoms with Crippen molar-refractivity contribution in [3.8, 4) is 0 Å². The van der Waals surface area contributed by atoms with E-state index >= 15 is 0 Å². The fourth-order valence-electron chi connectivity index (χ4n) is 2.88. The average Bonchev–Trinajstić information content (AvgIpc) is 3.09. The zero-order valence-corrected chi connectivity index (χ0v) is 13.0. The molecule has 0 unspecified atom stereocenters. The van der Waals surface area contributed by atoms with Crippen molar-refractivity contribution in [3.63, 3.8) is 0 Å². The molecular weight excluding hydrogens is 301 g/mol. The van der Waals surface area contributed by atoms with Crippen LogP contribution in [0, 0.1) is 5.82 Å². The number of amides is 1. The van der Waals surface area contributed by atoms with E-state index in [4.69, 9.17) is 4.74 Å². The Bertz CT molecular complexity index is 619. The van der Waals surface area contributed by atoms with Crippen molar-refractivity contribution in [2.24, 2.45) is 0 Å². The standard InChI is InChI=1S/C17H18FNO2S/c18-14-5-3-13(4-6-14)17(7-9-21-10-8-17)12-19-16(20)15-2-1-11-22-15/h1-6,11H,7-10,12H2,(H,19,20). The van der Waals surface area contributed by atoms with Crippen molar-refractivity contribution in [2.75, 3.05) is 19.8 Å². The van der Waals surface area contributed by atoms with Gasteiger partial charge in [0.2, 0.25) is 0 Å². The van der Waals surface area contributed by atoms with Gasteiger partial charge in [0.1, 0.15) is 5.82 Å². The lowest BCUT2D eigenvalue weighted by molar-refractivity contribution is 0.0487. The van der Waals surface area contributed by atoms with Crippen LogP contribution >= 0.6 is 11.3 Å². The van der Waals surface area contributed by atoms with E-state index < -0.39 is 0 Å². The highest BCUT2D eigenvalue weighted by Gasteiger charge is 2.35. The van der Waals surface area contributed by atoms with Crippen LogP contribution in [0.15, 0.2) is 41.8 Å². The van der Waals surface area contributed by atoms with Crippen molar-refractivity contribution in [2.45, 2.75) is 18.3 Å². The van der Waals surface area contributed by atoms with Crippen LogP contribution in [0.25, 0.3) is 0 Å². The lowest BCUT2D eigenvalue weighted by Crippen LogP contribution is -2.44. The first-order valence-electron chi connectivity index (χ1n) is 7.35. The number of benzene rings is 1. The molecule has 1 aromatic heterocycles.